The Bertz CT molecular complexity index is 1220. The molecule has 1 aliphatic carbocycles. The topological polar surface area (TPSA) is 84.5 Å². The summed E-state index contributed by atoms with van der Waals surface area (Å²) in [5, 5.41) is 9.98. The van der Waals surface area contributed by atoms with Gasteiger partial charge in [-0.05, 0) is 59.4 Å². The molecule has 2 aliphatic rings. The van der Waals surface area contributed by atoms with Gasteiger partial charge in [-0.1, -0.05) is 42.3 Å². The maximum absolute atomic E-state index is 9.98. The van der Waals surface area contributed by atoms with Crippen LogP contribution in [0.2, 0.25) is 0 Å². The highest BCUT2D eigenvalue weighted by Gasteiger charge is 2.46. The van der Waals surface area contributed by atoms with Gasteiger partial charge in [-0.15, -0.1) is 0 Å². The van der Waals surface area contributed by atoms with Crippen molar-refractivity contribution in [2.75, 3.05) is 25.1 Å². The Balaban J connectivity index is 1.26. The lowest BCUT2D eigenvalue weighted by Gasteiger charge is -2.42. The summed E-state index contributed by atoms with van der Waals surface area (Å²) in [6.07, 6.45) is 5.35. The second-order valence-electron chi connectivity index (χ2n) is 9.21. The lowest BCUT2D eigenvalue weighted by atomic mass is 9.73. The van der Waals surface area contributed by atoms with E-state index in [-0.39, 0.29) is 18.1 Å². The molecule has 1 atom stereocenters. The van der Waals surface area contributed by atoms with Crippen molar-refractivity contribution >= 4 is 5.82 Å². The van der Waals surface area contributed by atoms with Gasteiger partial charge in [-0.25, -0.2) is 9.97 Å². The summed E-state index contributed by atoms with van der Waals surface area (Å²) in [7, 11) is 1.65. The van der Waals surface area contributed by atoms with E-state index in [0.29, 0.717) is 17.8 Å². The largest absolute Gasteiger partial charge is 0.497 e. The number of piperidine rings is 1. The van der Waals surface area contributed by atoms with Crippen molar-refractivity contribution in [3.05, 3.63) is 82.8 Å². The Kier molecular flexibility index (Phi) is 6.23. The van der Waals surface area contributed by atoms with Crippen LogP contribution in [0, 0.1) is 17.3 Å². The maximum Gasteiger partial charge on any atom is 0.152 e. The van der Waals surface area contributed by atoms with Crippen LogP contribution in [-0.2, 0) is 19.4 Å². The smallest absolute Gasteiger partial charge is 0.152 e. The predicted molar refractivity (Wildman–Crippen MR) is 132 cm³/mol. The molecule has 0 bridgehead atoms. The van der Waals surface area contributed by atoms with Crippen molar-refractivity contribution in [1.82, 2.24) is 9.97 Å². The molecule has 1 aliphatic heterocycles. The summed E-state index contributed by atoms with van der Waals surface area (Å²) in [5.41, 5.74) is 11.8. The van der Waals surface area contributed by atoms with E-state index in [2.05, 4.69) is 51.0 Å². The number of fused-ring (bicyclic) bond motifs is 1. The zero-order chi connectivity index (χ0) is 23.5. The molecular formula is C28H30N4O2. The minimum absolute atomic E-state index is 0.0811. The van der Waals surface area contributed by atoms with E-state index in [4.69, 9.17) is 10.5 Å². The SMILES string of the molecule is COc1ccc(CC#Cc2cnc(N3CCC4(CC3)Cc3ccccc3[C@H]4N)c(CO)n2)cc1. The van der Waals surface area contributed by atoms with E-state index in [1.807, 2.05) is 24.3 Å². The van der Waals surface area contributed by atoms with Crippen LogP contribution in [0.5, 0.6) is 5.75 Å². The molecule has 2 aromatic carbocycles. The van der Waals surface area contributed by atoms with Gasteiger partial charge in [-0.2, -0.15) is 0 Å². The molecule has 3 aromatic rings. The average Bonchev–Trinajstić information content (AvgIpc) is 3.16. The molecule has 34 heavy (non-hydrogen) atoms. The van der Waals surface area contributed by atoms with Crippen molar-refractivity contribution in [1.29, 1.82) is 0 Å². The fraction of sp³-hybridized carbons (Fsp3) is 0.357. The molecule has 1 saturated heterocycles. The predicted octanol–water partition coefficient (Wildman–Crippen LogP) is 3.41. The van der Waals surface area contributed by atoms with Gasteiger partial charge >= 0.3 is 0 Å². The molecule has 2 heterocycles. The van der Waals surface area contributed by atoms with Crippen LogP contribution in [-0.4, -0.2) is 35.3 Å². The molecule has 1 fully saturated rings. The van der Waals surface area contributed by atoms with Gasteiger partial charge < -0.3 is 20.5 Å². The number of ether oxygens (including phenoxy) is 1. The number of aliphatic hydroxyl groups excluding tert-OH is 1. The Labute approximate surface area is 200 Å². The van der Waals surface area contributed by atoms with Crippen LogP contribution in [0.1, 0.15) is 47.0 Å². The number of rotatable bonds is 4. The third kappa shape index (κ3) is 4.25. The lowest BCUT2D eigenvalue weighted by Crippen LogP contribution is -2.45. The van der Waals surface area contributed by atoms with Crippen LogP contribution in [0.3, 0.4) is 0 Å². The van der Waals surface area contributed by atoms with Crippen LogP contribution in [0.4, 0.5) is 5.82 Å². The standard InChI is InChI=1S/C28H30N4O2/c1-34-23-11-9-20(10-12-23)5-4-7-22-18-30-27(25(19-33)31-22)32-15-13-28(14-16-32)17-21-6-2-3-8-24(21)26(28)29/h2-3,6,8-12,18,26,33H,5,13-17,19,29H2,1H3/t26-/m1/s1. The van der Waals surface area contributed by atoms with Crippen molar-refractivity contribution in [3.63, 3.8) is 0 Å². The molecule has 3 N–H and O–H groups in total. The molecule has 6 nitrogen and oxygen atoms in total. The first-order valence-electron chi connectivity index (χ1n) is 11.8. The molecule has 0 unspecified atom stereocenters. The monoisotopic (exact) mass is 454 g/mol. The Morgan fingerprint density at radius 3 is 2.62 bits per heavy atom. The first-order valence-corrected chi connectivity index (χ1v) is 11.8. The van der Waals surface area contributed by atoms with Gasteiger partial charge in [0.05, 0.1) is 19.9 Å². The number of aromatic nitrogens is 2. The molecule has 0 amide bonds. The molecule has 1 spiro atoms. The van der Waals surface area contributed by atoms with E-state index < -0.39 is 0 Å². The van der Waals surface area contributed by atoms with Gasteiger partial charge in [0.15, 0.2) is 5.82 Å². The number of aliphatic hydroxyl groups is 1. The third-order valence-electron chi connectivity index (χ3n) is 7.29. The van der Waals surface area contributed by atoms with Crippen molar-refractivity contribution in [3.8, 4) is 17.6 Å². The highest BCUT2D eigenvalue weighted by Crippen LogP contribution is 2.50. The number of benzene rings is 2. The average molecular weight is 455 g/mol. The molecule has 0 radical (unpaired) electrons. The normalized spacial score (nSPS) is 18.3. The maximum atomic E-state index is 9.98. The second kappa shape index (κ2) is 9.46. The Hall–Kier alpha value is -3.40. The highest BCUT2D eigenvalue weighted by molar-refractivity contribution is 5.47. The molecule has 1 aromatic heterocycles. The van der Waals surface area contributed by atoms with Crippen molar-refractivity contribution < 1.29 is 9.84 Å². The van der Waals surface area contributed by atoms with Gasteiger partial charge in [0.1, 0.15) is 17.1 Å². The first kappa shape index (κ1) is 22.4. The number of nitrogens with zero attached hydrogens (tertiary/aromatic N) is 3. The lowest BCUT2D eigenvalue weighted by molar-refractivity contribution is 0.186. The molecule has 0 saturated carbocycles. The van der Waals surface area contributed by atoms with Crippen LogP contribution < -0.4 is 15.4 Å². The Morgan fingerprint density at radius 1 is 1.15 bits per heavy atom. The number of nitrogens with two attached hydrogens (primary N) is 1. The summed E-state index contributed by atoms with van der Waals surface area (Å²) in [6, 6.07) is 16.5. The number of methoxy groups -OCH3 is 1. The van der Waals surface area contributed by atoms with Crippen LogP contribution >= 0.6 is 0 Å². The summed E-state index contributed by atoms with van der Waals surface area (Å²) in [6.45, 7) is 1.54. The number of anilines is 1. The van der Waals surface area contributed by atoms with Crippen LogP contribution in [0.25, 0.3) is 0 Å². The van der Waals surface area contributed by atoms with E-state index in [0.717, 1.165) is 49.5 Å². The molecule has 5 rings (SSSR count). The molecular weight excluding hydrogens is 424 g/mol. The summed E-state index contributed by atoms with van der Waals surface area (Å²) in [5.74, 6) is 7.81. The first-order chi connectivity index (χ1) is 16.6. The summed E-state index contributed by atoms with van der Waals surface area (Å²) < 4.78 is 5.19. The van der Waals surface area contributed by atoms with Gasteiger partial charge in [0, 0.05) is 25.6 Å². The minimum atomic E-state index is -0.164. The second-order valence-corrected chi connectivity index (χ2v) is 9.21. The van der Waals surface area contributed by atoms with Gasteiger partial charge in [0.25, 0.3) is 0 Å². The zero-order valence-corrected chi connectivity index (χ0v) is 19.5. The highest BCUT2D eigenvalue weighted by atomic mass is 16.5. The van der Waals surface area contributed by atoms with E-state index in [1.165, 1.54) is 11.1 Å². The Morgan fingerprint density at radius 2 is 1.91 bits per heavy atom. The quantitative estimate of drug-likeness (QED) is 0.588. The number of hydrogen-bond acceptors (Lipinski definition) is 6. The fourth-order valence-corrected chi connectivity index (χ4v) is 5.30. The third-order valence-corrected chi connectivity index (χ3v) is 7.29. The van der Waals surface area contributed by atoms with E-state index in [1.54, 1.807) is 13.3 Å². The van der Waals surface area contributed by atoms with Crippen molar-refractivity contribution in [2.24, 2.45) is 11.1 Å². The summed E-state index contributed by atoms with van der Waals surface area (Å²) >= 11 is 0. The zero-order valence-electron chi connectivity index (χ0n) is 19.5. The van der Waals surface area contributed by atoms with Gasteiger partial charge in [-0.3, -0.25) is 0 Å². The number of hydrogen-bond donors (Lipinski definition) is 2. The van der Waals surface area contributed by atoms with E-state index >= 15 is 0 Å². The van der Waals surface area contributed by atoms with Gasteiger partial charge in [0.2, 0.25) is 0 Å². The minimum Gasteiger partial charge on any atom is -0.497 e. The van der Waals surface area contributed by atoms with E-state index in [9.17, 15) is 5.11 Å². The van der Waals surface area contributed by atoms with Crippen molar-refractivity contribution in [2.45, 2.75) is 38.3 Å². The van der Waals surface area contributed by atoms with Crippen LogP contribution in [0.15, 0.2) is 54.7 Å². The summed E-state index contributed by atoms with van der Waals surface area (Å²) in [4.78, 5) is 11.5. The molecule has 6 heteroatoms. The fourth-order valence-electron chi connectivity index (χ4n) is 5.30. The molecule has 174 valence electrons.